The van der Waals surface area contributed by atoms with Crippen molar-refractivity contribution in [3.05, 3.63) is 54.1 Å². The molecular weight excluding hydrogens is 408 g/mol. The van der Waals surface area contributed by atoms with Gasteiger partial charge in [0.15, 0.2) is 6.61 Å². The summed E-state index contributed by atoms with van der Waals surface area (Å²) in [6, 6.07) is 12.4. The smallest absolute Gasteiger partial charge is 0.344 e. The zero-order chi connectivity index (χ0) is 21.6. The lowest BCUT2D eigenvalue weighted by Gasteiger charge is -2.10. The summed E-state index contributed by atoms with van der Waals surface area (Å²) in [5.74, 6) is -0.150. The summed E-state index contributed by atoms with van der Waals surface area (Å²) < 4.78 is 37.6. The third-order valence-electron chi connectivity index (χ3n) is 4.42. The molecule has 1 saturated carbocycles. The van der Waals surface area contributed by atoms with Gasteiger partial charge in [-0.1, -0.05) is 12.1 Å². The van der Waals surface area contributed by atoms with Gasteiger partial charge in [0.2, 0.25) is 10.0 Å². The number of anilines is 1. The number of ether oxygens (including phenoxy) is 2. The molecule has 0 aliphatic heterocycles. The number of nitrogens with one attached hydrogen (secondary N) is 2. The predicted octanol–water partition coefficient (Wildman–Crippen LogP) is 2.57. The van der Waals surface area contributed by atoms with Crippen LogP contribution in [0.1, 0.15) is 30.1 Å². The molecule has 8 nitrogen and oxygen atoms in total. The number of hydrogen-bond donors (Lipinski definition) is 2. The van der Waals surface area contributed by atoms with E-state index in [4.69, 9.17) is 9.47 Å². The molecule has 2 aromatic carbocycles. The van der Waals surface area contributed by atoms with Crippen LogP contribution < -0.4 is 14.8 Å². The first-order valence-corrected chi connectivity index (χ1v) is 11.2. The Bertz CT molecular complexity index is 1020. The van der Waals surface area contributed by atoms with Crippen LogP contribution in [-0.2, 0) is 19.6 Å². The monoisotopic (exact) mass is 432 g/mol. The van der Waals surface area contributed by atoms with Crippen molar-refractivity contribution in [2.24, 2.45) is 5.92 Å². The zero-order valence-electron chi connectivity index (χ0n) is 16.6. The van der Waals surface area contributed by atoms with Gasteiger partial charge in [0.25, 0.3) is 5.91 Å². The topological polar surface area (TPSA) is 111 Å². The maximum absolute atomic E-state index is 12.6. The second-order valence-electron chi connectivity index (χ2n) is 6.90. The fraction of sp³-hybridized carbons (Fsp3) is 0.333. The second-order valence-corrected chi connectivity index (χ2v) is 8.67. The second kappa shape index (κ2) is 9.73. The van der Waals surface area contributed by atoms with E-state index in [9.17, 15) is 18.0 Å². The standard InChI is InChI=1S/C21H24N2O6S/c1-2-28-20(24)14-29-18-7-4-6-17(12-18)23-21(25)16-5-3-8-19(11-16)30(26,27)22-13-15-9-10-15/h3-8,11-12,15,22H,2,9-10,13-14H2,1H3,(H,23,25). The Hall–Kier alpha value is -2.91. The Morgan fingerprint density at radius 1 is 1.10 bits per heavy atom. The molecule has 9 heteroatoms. The number of amides is 1. The molecule has 30 heavy (non-hydrogen) atoms. The molecule has 1 aliphatic rings. The summed E-state index contributed by atoms with van der Waals surface area (Å²) in [5, 5.41) is 2.70. The molecule has 0 atom stereocenters. The number of benzene rings is 2. The molecule has 0 radical (unpaired) electrons. The molecule has 1 aliphatic carbocycles. The highest BCUT2D eigenvalue weighted by molar-refractivity contribution is 7.89. The first kappa shape index (κ1) is 21.8. The van der Waals surface area contributed by atoms with Crippen molar-refractivity contribution in [3.63, 3.8) is 0 Å². The van der Waals surface area contributed by atoms with E-state index >= 15 is 0 Å². The van der Waals surface area contributed by atoms with E-state index in [0.717, 1.165) is 12.8 Å². The summed E-state index contributed by atoms with van der Waals surface area (Å²) in [4.78, 5) is 24.0. The molecule has 0 saturated heterocycles. The summed E-state index contributed by atoms with van der Waals surface area (Å²) in [7, 11) is -3.67. The van der Waals surface area contributed by atoms with Crippen LogP contribution >= 0.6 is 0 Å². The Morgan fingerprint density at radius 2 is 1.87 bits per heavy atom. The molecule has 0 aromatic heterocycles. The van der Waals surface area contributed by atoms with Crippen LogP contribution in [-0.4, -0.2) is 40.1 Å². The van der Waals surface area contributed by atoms with Crippen LogP contribution in [0.5, 0.6) is 5.75 Å². The third kappa shape index (κ3) is 6.30. The summed E-state index contributed by atoms with van der Waals surface area (Å²) in [6.45, 7) is 2.15. The molecule has 0 bridgehead atoms. The number of sulfonamides is 1. The molecule has 1 amide bonds. The highest BCUT2D eigenvalue weighted by atomic mass is 32.2. The van der Waals surface area contributed by atoms with Gasteiger partial charge in [-0.05, 0) is 56.0 Å². The lowest BCUT2D eigenvalue weighted by atomic mass is 10.2. The molecule has 0 unspecified atom stereocenters. The van der Waals surface area contributed by atoms with Crippen molar-refractivity contribution >= 4 is 27.6 Å². The van der Waals surface area contributed by atoms with E-state index in [1.165, 1.54) is 24.3 Å². The number of hydrogen-bond acceptors (Lipinski definition) is 6. The van der Waals surface area contributed by atoms with E-state index in [-0.39, 0.29) is 23.7 Å². The maximum Gasteiger partial charge on any atom is 0.344 e. The quantitative estimate of drug-likeness (QED) is 0.558. The molecular formula is C21H24N2O6S. The van der Waals surface area contributed by atoms with Crippen molar-refractivity contribution in [2.45, 2.75) is 24.7 Å². The lowest BCUT2D eigenvalue weighted by Crippen LogP contribution is -2.26. The fourth-order valence-electron chi connectivity index (χ4n) is 2.65. The molecule has 2 N–H and O–H groups in total. The van der Waals surface area contributed by atoms with Crippen LogP contribution in [0.15, 0.2) is 53.4 Å². The number of carbonyl (C=O) groups excluding carboxylic acids is 2. The lowest BCUT2D eigenvalue weighted by molar-refractivity contribution is -0.145. The minimum absolute atomic E-state index is 0.0438. The Morgan fingerprint density at radius 3 is 2.60 bits per heavy atom. The molecule has 160 valence electrons. The van der Waals surface area contributed by atoms with E-state index in [0.29, 0.717) is 23.9 Å². The number of esters is 1. The predicted molar refractivity (Wildman–Crippen MR) is 111 cm³/mol. The van der Waals surface area contributed by atoms with Crippen molar-refractivity contribution in [2.75, 3.05) is 25.1 Å². The SMILES string of the molecule is CCOC(=O)COc1cccc(NC(=O)c2cccc(S(=O)(=O)NCC3CC3)c2)c1. The van der Waals surface area contributed by atoms with Crippen molar-refractivity contribution in [1.82, 2.24) is 4.72 Å². The van der Waals surface area contributed by atoms with Crippen molar-refractivity contribution in [3.8, 4) is 5.75 Å². The van der Waals surface area contributed by atoms with E-state index in [1.807, 2.05) is 0 Å². The summed E-state index contributed by atoms with van der Waals surface area (Å²) in [5.41, 5.74) is 0.656. The summed E-state index contributed by atoms with van der Waals surface area (Å²) in [6.07, 6.45) is 2.07. The van der Waals surface area contributed by atoms with Gasteiger partial charge < -0.3 is 14.8 Å². The van der Waals surface area contributed by atoms with Gasteiger partial charge in [0.1, 0.15) is 5.75 Å². The Balaban J connectivity index is 1.64. The highest BCUT2D eigenvalue weighted by Gasteiger charge is 2.24. The van der Waals surface area contributed by atoms with Gasteiger partial charge in [-0.2, -0.15) is 0 Å². The third-order valence-corrected chi connectivity index (χ3v) is 5.84. The van der Waals surface area contributed by atoms with Gasteiger partial charge in [-0.15, -0.1) is 0 Å². The normalized spacial score (nSPS) is 13.5. The van der Waals surface area contributed by atoms with Crippen LogP contribution in [0, 0.1) is 5.92 Å². The zero-order valence-corrected chi connectivity index (χ0v) is 17.4. The van der Waals surface area contributed by atoms with Gasteiger partial charge in [-0.25, -0.2) is 17.9 Å². The maximum atomic E-state index is 12.6. The highest BCUT2D eigenvalue weighted by Crippen LogP contribution is 2.28. The van der Waals surface area contributed by atoms with Gasteiger partial charge >= 0.3 is 5.97 Å². The van der Waals surface area contributed by atoms with Gasteiger partial charge in [0.05, 0.1) is 11.5 Å². The van der Waals surface area contributed by atoms with E-state index < -0.39 is 21.9 Å². The Labute approximate surface area is 175 Å². The minimum atomic E-state index is -3.67. The first-order valence-electron chi connectivity index (χ1n) is 9.67. The van der Waals surface area contributed by atoms with E-state index in [1.54, 1.807) is 31.2 Å². The van der Waals surface area contributed by atoms with Crippen LogP contribution in [0.3, 0.4) is 0 Å². The first-order chi connectivity index (χ1) is 14.4. The molecule has 1 fully saturated rings. The summed E-state index contributed by atoms with van der Waals surface area (Å²) >= 11 is 0. The number of rotatable bonds is 10. The molecule has 0 spiro atoms. The average molecular weight is 432 g/mol. The van der Waals surface area contributed by atoms with Gasteiger partial charge in [0, 0.05) is 23.9 Å². The van der Waals surface area contributed by atoms with Crippen molar-refractivity contribution < 1.29 is 27.5 Å². The molecule has 0 heterocycles. The van der Waals surface area contributed by atoms with Crippen molar-refractivity contribution in [1.29, 1.82) is 0 Å². The molecule has 3 rings (SSSR count). The largest absolute Gasteiger partial charge is 0.482 e. The minimum Gasteiger partial charge on any atom is -0.482 e. The van der Waals surface area contributed by atoms with Crippen LogP contribution in [0.2, 0.25) is 0 Å². The Kier molecular flexibility index (Phi) is 7.07. The van der Waals surface area contributed by atoms with Crippen LogP contribution in [0.4, 0.5) is 5.69 Å². The average Bonchev–Trinajstić information content (AvgIpc) is 3.56. The van der Waals surface area contributed by atoms with E-state index in [2.05, 4.69) is 10.0 Å². The fourth-order valence-corrected chi connectivity index (χ4v) is 3.81. The van der Waals surface area contributed by atoms with Gasteiger partial charge in [-0.3, -0.25) is 4.79 Å². The number of carbonyl (C=O) groups is 2. The molecule has 2 aromatic rings. The van der Waals surface area contributed by atoms with Crippen LogP contribution in [0.25, 0.3) is 0 Å².